The highest BCUT2D eigenvalue weighted by Gasteiger charge is 2.31. The van der Waals surface area contributed by atoms with Gasteiger partial charge in [0.1, 0.15) is 5.75 Å². The van der Waals surface area contributed by atoms with Crippen LogP contribution in [0.25, 0.3) is 22.5 Å². The molecule has 0 atom stereocenters. The molecule has 2 aromatic carbocycles. The van der Waals surface area contributed by atoms with E-state index in [1.54, 1.807) is 25.1 Å². The Hall–Kier alpha value is -4.81. The molecule has 2 aromatic heterocycles. The van der Waals surface area contributed by atoms with Crippen LogP contribution < -0.4 is 15.5 Å². The maximum atomic E-state index is 12.9. The molecule has 202 valence electrons. The van der Waals surface area contributed by atoms with Crippen molar-refractivity contribution in [2.75, 3.05) is 5.32 Å². The smallest absolute Gasteiger partial charge is 0.406 e. The number of nitrogens with zero attached hydrogens (tertiary/aromatic N) is 4. The summed E-state index contributed by atoms with van der Waals surface area (Å²) in [6.07, 6.45) is 0.436. The maximum absolute atomic E-state index is 12.9. The van der Waals surface area contributed by atoms with Crippen LogP contribution in [0.4, 0.5) is 27.6 Å². The Bertz CT molecular complexity index is 1610. The zero-order chi connectivity index (χ0) is 28.3. The highest BCUT2D eigenvalue weighted by atomic mass is 19.4. The second-order valence-corrected chi connectivity index (χ2v) is 8.40. The SMILES string of the molecule is CC(=N)/C=C(\Nc1cccc(OC(F)(F)F)c1)c1nn(-c2ccc(-c3cnn(C(F)F)c3)cc2C)ccc1=O. The van der Waals surface area contributed by atoms with Crippen LogP contribution in [0.1, 0.15) is 24.7 Å². The highest BCUT2D eigenvalue weighted by Crippen LogP contribution is 2.27. The van der Waals surface area contributed by atoms with Crippen LogP contribution in [0.2, 0.25) is 0 Å². The minimum atomic E-state index is -4.88. The number of hydrogen-bond acceptors (Lipinski definition) is 6. The molecule has 0 fully saturated rings. The second kappa shape index (κ2) is 10.9. The van der Waals surface area contributed by atoms with E-state index in [4.69, 9.17) is 5.41 Å². The summed E-state index contributed by atoms with van der Waals surface area (Å²) in [5.74, 6) is -0.466. The number of aromatic nitrogens is 4. The van der Waals surface area contributed by atoms with Gasteiger partial charge in [0.2, 0.25) is 5.43 Å². The molecule has 0 amide bonds. The number of allylic oxidation sites excluding steroid dienone is 1. The molecular weight excluding hydrogens is 523 g/mol. The van der Waals surface area contributed by atoms with E-state index in [-0.39, 0.29) is 22.8 Å². The van der Waals surface area contributed by atoms with E-state index >= 15 is 0 Å². The van der Waals surface area contributed by atoms with Gasteiger partial charge in [-0.25, -0.2) is 9.36 Å². The number of rotatable bonds is 8. The largest absolute Gasteiger partial charge is 0.573 e. The summed E-state index contributed by atoms with van der Waals surface area (Å²) in [5.41, 5.74) is 2.15. The van der Waals surface area contributed by atoms with Crippen LogP contribution in [0.3, 0.4) is 0 Å². The van der Waals surface area contributed by atoms with Gasteiger partial charge >= 0.3 is 12.9 Å². The number of anilines is 1. The molecule has 0 saturated heterocycles. The summed E-state index contributed by atoms with van der Waals surface area (Å²) in [5, 5.41) is 18.8. The molecule has 0 bridgehead atoms. The van der Waals surface area contributed by atoms with E-state index in [9.17, 15) is 26.7 Å². The van der Waals surface area contributed by atoms with E-state index in [1.165, 1.54) is 54.5 Å². The molecule has 4 aromatic rings. The van der Waals surface area contributed by atoms with Crippen LogP contribution in [0.15, 0.2) is 78.0 Å². The molecule has 0 saturated carbocycles. The Morgan fingerprint density at radius 1 is 1.13 bits per heavy atom. The van der Waals surface area contributed by atoms with E-state index in [0.717, 1.165) is 12.1 Å². The van der Waals surface area contributed by atoms with Gasteiger partial charge in [0.05, 0.1) is 17.6 Å². The Kier molecular flexibility index (Phi) is 7.61. The topological polar surface area (TPSA) is 97.8 Å². The first kappa shape index (κ1) is 27.2. The lowest BCUT2D eigenvalue weighted by atomic mass is 10.1. The fourth-order valence-electron chi connectivity index (χ4n) is 3.72. The van der Waals surface area contributed by atoms with Gasteiger partial charge in [-0.15, -0.1) is 13.2 Å². The molecule has 2 N–H and O–H groups in total. The van der Waals surface area contributed by atoms with E-state index in [1.807, 2.05) is 0 Å². The van der Waals surface area contributed by atoms with Gasteiger partial charge in [-0.05, 0) is 55.3 Å². The summed E-state index contributed by atoms with van der Waals surface area (Å²) >= 11 is 0. The Morgan fingerprint density at radius 2 is 1.90 bits per heavy atom. The Balaban J connectivity index is 1.69. The summed E-state index contributed by atoms with van der Waals surface area (Å²) in [6, 6.07) is 11.4. The van der Waals surface area contributed by atoms with Crippen molar-refractivity contribution in [2.45, 2.75) is 26.8 Å². The zero-order valence-electron chi connectivity index (χ0n) is 20.5. The summed E-state index contributed by atoms with van der Waals surface area (Å²) < 4.78 is 69.6. The van der Waals surface area contributed by atoms with Gasteiger partial charge in [0.15, 0.2) is 5.69 Å². The van der Waals surface area contributed by atoms with Crippen LogP contribution in [-0.4, -0.2) is 31.6 Å². The van der Waals surface area contributed by atoms with Gasteiger partial charge < -0.3 is 15.5 Å². The lowest BCUT2D eigenvalue weighted by Gasteiger charge is -2.15. The molecule has 4 rings (SSSR count). The number of aryl methyl sites for hydroxylation is 1. The van der Waals surface area contributed by atoms with Crippen LogP contribution in [-0.2, 0) is 0 Å². The van der Waals surface area contributed by atoms with Gasteiger partial charge in [-0.3, -0.25) is 4.79 Å². The van der Waals surface area contributed by atoms with Crippen molar-refractivity contribution in [3.05, 3.63) is 94.7 Å². The van der Waals surface area contributed by atoms with Gasteiger partial charge in [0, 0.05) is 41.5 Å². The minimum absolute atomic E-state index is 0.0571. The molecule has 2 heterocycles. The molecule has 13 heteroatoms. The van der Waals surface area contributed by atoms with Crippen molar-refractivity contribution >= 4 is 17.1 Å². The van der Waals surface area contributed by atoms with Crippen molar-refractivity contribution in [1.82, 2.24) is 19.6 Å². The number of alkyl halides is 5. The first-order valence-electron chi connectivity index (χ1n) is 11.3. The first-order valence-corrected chi connectivity index (χ1v) is 11.3. The van der Waals surface area contributed by atoms with Crippen LogP contribution >= 0.6 is 0 Å². The molecule has 0 spiro atoms. The third kappa shape index (κ3) is 6.74. The summed E-state index contributed by atoms with van der Waals surface area (Å²) in [7, 11) is 0. The van der Waals surface area contributed by atoms with Gasteiger partial charge in [-0.2, -0.15) is 19.0 Å². The second-order valence-electron chi connectivity index (χ2n) is 8.40. The molecule has 0 aliphatic carbocycles. The first-order chi connectivity index (χ1) is 18.4. The van der Waals surface area contributed by atoms with E-state index in [0.29, 0.717) is 27.1 Å². The van der Waals surface area contributed by atoms with Gasteiger partial charge in [0.25, 0.3) is 0 Å². The summed E-state index contributed by atoms with van der Waals surface area (Å²) in [6.45, 7) is 0.479. The maximum Gasteiger partial charge on any atom is 0.573 e. The van der Waals surface area contributed by atoms with Crippen LogP contribution in [0, 0.1) is 12.3 Å². The van der Waals surface area contributed by atoms with Crippen molar-refractivity contribution in [2.24, 2.45) is 0 Å². The van der Waals surface area contributed by atoms with Gasteiger partial charge in [-0.1, -0.05) is 12.1 Å². The molecule has 0 radical (unpaired) electrons. The van der Waals surface area contributed by atoms with E-state index in [2.05, 4.69) is 20.3 Å². The lowest BCUT2D eigenvalue weighted by molar-refractivity contribution is -0.274. The standard InChI is InChI=1S/C26H21F5N6O2/c1-15-10-17(18-13-33-37(14-18)25(27)28)6-7-22(15)36-9-8-23(38)24(35-36)21(11-16(2)32)34-19-4-3-5-20(12-19)39-26(29,30)31/h3-14,25,32,34H,1-2H3/b21-11-,32-16?. The molecular formula is C26H21F5N6O2. The van der Waals surface area contributed by atoms with Crippen LogP contribution in [0.5, 0.6) is 5.75 Å². The Labute approximate surface area is 218 Å². The summed E-state index contributed by atoms with van der Waals surface area (Å²) in [4.78, 5) is 12.8. The highest BCUT2D eigenvalue weighted by molar-refractivity contribution is 5.98. The minimum Gasteiger partial charge on any atom is -0.406 e. The fourth-order valence-corrected chi connectivity index (χ4v) is 3.72. The third-order valence-electron chi connectivity index (χ3n) is 5.35. The van der Waals surface area contributed by atoms with Crippen molar-refractivity contribution in [1.29, 1.82) is 5.41 Å². The molecule has 8 nitrogen and oxygen atoms in total. The predicted molar refractivity (Wildman–Crippen MR) is 135 cm³/mol. The number of nitrogens with one attached hydrogen (secondary N) is 2. The van der Waals surface area contributed by atoms with Crippen molar-refractivity contribution in [3.8, 4) is 22.6 Å². The number of ether oxygens (including phenoxy) is 1. The average molecular weight is 544 g/mol. The molecule has 0 aliphatic rings. The van der Waals surface area contributed by atoms with Crippen molar-refractivity contribution < 1.29 is 26.7 Å². The molecule has 0 unspecified atom stereocenters. The van der Waals surface area contributed by atoms with E-state index < -0.39 is 24.1 Å². The zero-order valence-corrected chi connectivity index (χ0v) is 20.5. The predicted octanol–water partition coefficient (Wildman–Crippen LogP) is 6.19. The Morgan fingerprint density at radius 3 is 2.54 bits per heavy atom. The quantitative estimate of drug-likeness (QED) is 0.204. The normalized spacial score (nSPS) is 12.1. The fraction of sp³-hybridized carbons (Fsp3) is 0.154. The molecule has 0 aliphatic heterocycles. The lowest BCUT2D eigenvalue weighted by Crippen LogP contribution is -2.19. The third-order valence-corrected chi connectivity index (χ3v) is 5.35. The number of benzene rings is 2. The number of hydrogen-bond donors (Lipinski definition) is 2. The van der Waals surface area contributed by atoms with Crippen molar-refractivity contribution in [3.63, 3.8) is 0 Å². The monoisotopic (exact) mass is 544 g/mol. The number of halogens is 5. The molecule has 39 heavy (non-hydrogen) atoms. The average Bonchev–Trinajstić information content (AvgIpc) is 3.34.